The zero-order valence-electron chi connectivity index (χ0n) is 29.0. The third-order valence-electron chi connectivity index (χ3n) is 7.92. The second-order valence-corrected chi connectivity index (χ2v) is 15.7. The van der Waals surface area contributed by atoms with Gasteiger partial charge in [0.25, 0.3) is 0 Å². The van der Waals surface area contributed by atoms with Gasteiger partial charge in [-0.25, -0.2) is 0 Å². The van der Waals surface area contributed by atoms with Crippen molar-refractivity contribution in [3.8, 4) is 0 Å². The van der Waals surface area contributed by atoms with Crippen LogP contribution in [0.25, 0.3) is 0 Å². The molecule has 5 N–H and O–H groups in total. The molecule has 0 unspecified atom stereocenters. The Labute approximate surface area is 316 Å². The number of carbonyl (C=O) groups excluding carboxylic acids is 1. The number of hydrogen-bond donors (Lipinski definition) is 5. The quantitative estimate of drug-likeness (QED) is 0.0344. The molecule has 0 aromatic heterocycles. The number of nitrogens with one attached hydrogen (secondary N) is 5. The van der Waals surface area contributed by atoms with Crippen molar-refractivity contribution >= 4 is 80.9 Å². The molecule has 0 spiro atoms. The molecule has 5 rings (SSSR count). The number of hydrogen-bond acceptors (Lipinski definition) is 6. The Morgan fingerprint density at radius 1 is 0.635 bits per heavy atom. The van der Waals surface area contributed by atoms with Crippen molar-refractivity contribution in [1.29, 1.82) is 0 Å². The van der Waals surface area contributed by atoms with Gasteiger partial charge in [0.2, 0.25) is 5.91 Å². The standard InChI is InChI=1S/C40H40N7O2PS2/c1-30(48)43-33-25-23-32(24-26-33)38(44-46-39(51)41-2)37(31-15-7-3-8-16-31)45-47-40(52)42-27-28-49-29-50(34-17-9-4-10-18-34,35-19-11-5-12-20-35)36-21-13-6-14-22-36/h3-26H,27-29H2,1-2H3,(H4-,41,42,43,44,45,46,47,48,51,52)/p+1. The topological polar surface area (TPSA) is 111 Å². The van der Waals surface area contributed by atoms with E-state index in [1.54, 1.807) is 19.2 Å². The molecule has 0 radical (unpaired) electrons. The first-order valence-electron chi connectivity index (χ1n) is 16.6. The number of benzene rings is 5. The Balaban J connectivity index is 1.32. The van der Waals surface area contributed by atoms with Crippen molar-refractivity contribution in [2.45, 2.75) is 6.92 Å². The largest absolute Gasteiger partial charge is 0.364 e. The first-order chi connectivity index (χ1) is 25.4. The highest BCUT2D eigenvalue weighted by atomic mass is 32.1. The van der Waals surface area contributed by atoms with E-state index in [1.165, 1.54) is 22.8 Å². The normalized spacial score (nSPS) is 11.7. The maximum Gasteiger partial charge on any atom is 0.221 e. The summed E-state index contributed by atoms with van der Waals surface area (Å²) in [4.78, 5) is 11.6. The number of carbonyl (C=O) groups is 1. The summed E-state index contributed by atoms with van der Waals surface area (Å²) in [6.07, 6.45) is 0.533. The highest BCUT2D eigenvalue weighted by Gasteiger charge is 2.45. The van der Waals surface area contributed by atoms with Gasteiger partial charge in [-0.15, -0.1) is 0 Å². The van der Waals surface area contributed by atoms with Crippen LogP contribution in [-0.2, 0) is 9.53 Å². The van der Waals surface area contributed by atoms with E-state index in [1.807, 2.05) is 60.7 Å². The van der Waals surface area contributed by atoms with Crippen LogP contribution in [0.1, 0.15) is 18.1 Å². The van der Waals surface area contributed by atoms with Crippen LogP contribution in [0.3, 0.4) is 0 Å². The summed E-state index contributed by atoms with van der Waals surface area (Å²) in [5.74, 6) is -0.158. The van der Waals surface area contributed by atoms with Gasteiger partial charge in [0.1, 0.15) is 34.6 Å². The Morgan fingerprint density at radius 2 is 1.08 bits per heavy atom. The summed E-state index contributed by atoms with van der Waals surface area (Å²) < 4.78 is 6.49. The summed E-state index contributed by atoms with van der Waals surface area (Å²) in [7, 11) is -0.408. The molecule has 0 aliphatic carbocycles. The summed E-state index contributed by atoms with van der Waals surface area (Å²) in [6.45, 7) is 2.35. The molecule has 0 bridgehead atoms. The fourth-order valence-electron chi connectivity index (χ4n) is 5.48. The van der Waals surface area contributed by atoms with E-state index >= 15 is 0 Å². The third kappa shape index (κ3) is 10.1. The first-order valence-corrected chi connectivity index (χ1v) is 19.4. The minimum atomic E-state index is -2.12. The Morgan fingerprint density at radius 3 is 1.54 bits per heavy atom. The highest BCUT2D eigenvalue weighted by molar-refractivity contribution is 7.95. The first kappa shape index (κ1) is 37.9. The van der Waals surface area contributed by atoms with Gasteiger partial charge < -0.3 is 20.7 Å². The molecule has 0 aliphatic rings. The lowest BCUT2D eigenvalue weighted by molar-refractivity contribution is -0.114. The maximum atomic E-state index is 11.6. The molecule has 12 heteroatoms. The van der Waals surface area contributed by atoms with E-state index in [0.717, 1.165) is 11.1 Å². The minimum Gasteiger partial charge on any atom is -0.364 e. The second-order valence-electron chi connectivity index (χ2n) is 11.5. The number of rotatable bonds is 14. The van der Waals surface area contributed by atoms with Gasteiger partial charge in [0.15, 0.2) is 16.6 Å². The van der Waals surface area contributed by atoms with Gasteiger partial charge in [0, 0.05) is 37.3 Å². The fraction of sp³-hybridized carbons (Fsp3) is 0.125. The van der Waals surface area contributed by atoms with Gasteiger partial charge in [-0.2, -0.15) is 10.2 Å². The predicted octanol–water partition coefficient (Wildman–Crippen LogP) is 5.28. The summed E-state index contributed by atoms with van der Waals surface area (Å²) in [6, 6.07) is 48.8. The molecular weight excluding hydrogens is 706 g/mol. The summed E-state index contributed by atoms with van der Waals surface area (Å²) >= 11 is 11.0. The van der Waals surface area contributed by atoms with Crippen molar-refractivity contribution in [3.63, 3.8) is 0 Å². The number of thiocarbonyl (C=S) groups is 2. The second kappa shape index (κ2) is 19.3. The number of hydrazone groups is 2. The van der Waals surface area contributed by atoms with E-state index in [9.17, 15) is 4.79 Å². The molecule has 0 aliphatic heterocycles. The molecule has 0 atom stereocenters. The van der Waals surface area contributed by atoms with Crippen LogP contribution in [-0.4, -0.2) is 54.1 Å². The van der Waals surface area contributed by atoms with E-state index in [4.69, 9.17) is 34.3 Å². The molecule has 52 heavy (non-hydrogen) atoms. The fourth-order valence-corrected chi connectivity index (χ4v) is 9.47. The van der Waals surface area contributed by atoms with Gasteiger partial charge in [-0.1, -0.05) is 97.1 Å². The monoisotopic (exact) mass is 746 g/mol. The van der Waals surface area contributed by atoms with E-state index < -0.39 is 7.26 Å². The Hall–Kier alpha value is -5.32. The lowest BCUT2D eigenvalue weighted by atomic mass is 9.99. The molecule has 0 saturated heterocycles. The van der Waals surface area contributed by atoms with Crippen molar-refractivity contribution in [3.05, 3.63) is 157 Å². The van der Waals surface area contributed by atoms with Crippen molar-refractivity contribution < 1.29 is 9.53 Å². The number of amides is 1. The summed E-state index contributed by atoms with van der Waals surface area (Å²) in [5, 5.41) is 22.7. The van der Waals surface area contributed by atoms with Crippen LogP contribution in [0.4, 0.5) is 5.69 Å². The molecule has 0 heterocycles. The van der Waals surface area contributed by atoms with Crippen molar-refractivity contribution in [2.24, 2.45) is 10.2 Å². The zero-order chi connectivity index (χ0) is 36.6. The highest BCUT2D eigenvalue weighted by Crippen LogP contribution is 2.55. The average molecular weight is 747 g/mol. The number of anilines is 1. The molecule has 9 nitrogen and oxygen atoms in total. The molecule has 5 aromatic carbocycles. The Bertz CT molecular complexity index is 1880. The maximum absolute atomic E-state index is 11.6. The van der Waals surface area contributed by atoms with Gasteiger partial charge >= 0.3 is 0 Å². The van der Waals surface area contributed by atoms with E-state index in [-0.39, 0.29) is 5.91 Å². The molecule has 5 aromatic rings. The zero-order valence-corrected chi connectivity index (χ0v) is 31.5. The third-order valence-corrected chi connectivity index (χ3v) is 12.6. The lowest BCUT2D eigenvalue weighted by Gasteiger charge is -2.27. The molecule has 0 fully saturated rings. The molecule has 1 amide bonds. The van der Waals surface area contributed by atoms with E-state index in [2.05, 4.69) is 105 Å². The SMILES string of the molecule is CNC(=S)N/N=C(/C(=N/NC(=S)NCCOC[P+](c1ccccc1)(c1ccccc1)c1ccccc1)c1ccccc1)c1ccc(NC(C)=O)cc1. The van der Waals surface area contributed by atoms with Crippen molar-refractivity contribution in [2.75, 3.05) is 31.9 Å². The molecule has 264 valence electrons. The number of nitrogens with zero attached hydrogens (tertiary/aromatic N) is 2. The van der Waals surface area contributed by atoms with Crippen LogP contribution in [0.5, 0.6) is 0 Å². The number of ether oxygens (including phenoxy) is 1. The van der Waals surface area contributed by atoms with E-state index in [0.29, 0.717) is 46.8 Å². The minimum absolute atomic E-state index is 0.158. The van der Waals surface area contributed by atoms with Crippen LogP contribution in [0.2, 0.25) is 0 Å². The van der Waals surface area contributed by atoms with Crippen molar-refractivity contribution in [1.82, 2.24) is 21.5 Å². The van der Waals surface area contributed by atoms with Crippen LogP contribution < -0.4 is 42.7 Å². The van der Waals surface area contributed by atoms with Crippen LogP contribution in [0.15, 0.2) is 156 Å². The lowest BCUT2D eigenvalue weighted by Crippen LogP contribution is -2.37. The van der Waals surface area contributed by atoms with Gasteiger partial charge in [0.05, 0.1) is 6.61 Å². The van der Waals surface area contributed by atoms with Crippen LogP contribution >= 0.6 is 31.7 Å². The van der Waals surface area contributed by atoms with Gasteiger partial charge in [-0.05, 0) is 73.0 Å². The van der Waals surface area contributed by atoms with Gasteiger partial charge in [-0.3, -0.25) is 15.6 Å². The summed E-state index contributed by atoms with van der Waals surface area (Å²) in [5.41, 5.74) is 9.09. The Kier molecular flexibility index (Phi) is 14.1. The smallest absolute Gasteiger partial charge is 0.221 e. The molecular formula is C40H41N7O2PS2+. The molecule has 0 saturated carbocycles. The van der Waals surface area contributed by atoms with Crippen LogP contribution in [0, 0.1) is 0 Å². The average Bonchev–Trinajstić information content (AvgIpc) is 3.19. The predicted molar refractivity (Wildman–Crippen MR) is 225 cm³/mol.